The Bertz CT molecular complexity index is 766. The van der Waals surface area contributed by atoms with E-state index >= 15 is 0 Å². The number of benzene rings is 1. The van der Waals surface area contributed by atoms with Gasteiger partial charge in [-0.1, -0.05) is 6.07 Å². The summed E-state index contributed by atoms with van der Waals surface area (Å²) >= 11 is 0. The van der Waals surface area contributed by atoms with Crippen LogP contribution in [-0.4, -0.2) is 65.8 Å². The fourth-order valence-electron chi connectivity index (χ4n) is 3.54. The molecule has 2 heterocycles. The van der Waals surface area contributed by atoms with Crippen LogP contribution in [0, 0.1) is 6.92 Å². The Kier molecular flexibility index (Phi) is 5.13. The number of carbonyl (C=O) groups is 3. The lowest BCUT2D eigenvalue weighted by Gasteiger charge is -2.39. The fourth-order valence-corrected chi connectivity index (χ4v) is 3.54. The molecule has 0 unspecified atom stereocenters. The van der Waals surface area contributed by atoms with Crippen LogP contribution in [0.1, 0.15) is 32.8 Å². The normalized spacial score (nSPS) is 18.8. The molecule has 0 radical (unpaired) electrons. The number of nitrogens with zero attached hydrogens (tertiary/aromatic N) is 3. The molecular weight excluding hydrogens is 346 g/mol. The predicted molar refractivity (Wildman–Crippen MR) is 102 cm³/mol. The molecule has 27 heavy (non-hydrogen) atoms. The van der Waals surface area contributed by atoms with E-state index in [1.165, 1.54) is 0 Å². The Balaban J connectivity index is 1.68. The lowest BCUT2D eigenvalue weighted by Crippen LogP contribution is -2.54. The van der Waals surface area contributed by atoms with E-state index in [-0.39, 0.29) is 24.1 Å². The summed E-state index contributed by atoms with van der Waals surface area (Å²) in [5.74, 6) is 0.558. The second-order valence-electron chi connectivity index (χ2n) is 7.68. The van der Waals surface area contributed by atoms with Crippen molar-refractivity contribution in [2.24, 2.45) is 0 Å². The molecule has 7 nitrogen and oxygen atoms in total. The highest BCUT2D eigenvalue weighted by Crippen LogP contribution is 2.38. The fraction of sp³-hybridized carbons (Fsp3) is 0.550. The molecular formula is C20H27N3O4. The Morgan fingerprint density at radius 3 is 2.37 bits per heavy atom. The molecule has 0 saturated carbocycles. The van der Waals surface area contributed by atoms with Crippen molar-refractivity contribution in [1.29, 1.82) is 0 Å². The zero-order chi connectivity index (χ0) is 19.8. The largest absolute Gasteiger partial charge is 0.476 e. The number of hydrogen-bond acceptors (Lipinski definition) is 4. The molecule has 3 rings (SSSR count). The van der Waals surface area contributed by atoms with Gasteiger partial charge in [-0.3, -0.25) is 14.4 Å². The van der Waals surface area contributed by atoms with Gasteiger partial charge in [-0.15, -0.1) is 0 Å². The van der Waals surface area contributed by atoms with Crippen molar-refractivity contribution in [1.82, 2.24) is 9.80 Å². The highest BCUT2D eigenvalue weighted by Gasteiger charge is 2.41. The first-order valence-electron chi connectivity index (χ1n) is 9.34. The molecule has 1 fully saturated rings. The van der Waals surface area contributed by atoms with Gasteiger partial charge in [0.15, 0.2) is 5.60 Å². The van der Waals surface area contributed by atoms with Crippen molar-refractivity contribution < 1.29 is 19.1 Å². The summed E-state index contributed by atoms with van der Waals surface area (Å²) in [5.41, 5.74) is 0.786. The molecule has 0 bridgehead atoms. The SMILES string of the molecule is CC(=O)N1CCN(C(=O)CCN2C(=O)C(C)(C)Oc3ccc(C)cc32)CC1. The number of aryl methyl sites for hydroxylation is 1. The Labute approximate surface area is 159 Å². The summed E-state index contributed by atoms with van der Waals surface area (Å²) in [6.07, 6.45) is 0.245. The molecule has 1 saturated heterocycles. The van der Waals surface area contributed by atoms with Crippen LogP contribution in [0.2, 0.25) is 0 Å². The number of anilines is 1. The third-order valence-electron chi connectivity index (χ3n) is 5.16. The van der Waals surface area contributed by atoms with Crippen LogP contribution < -0.4 is 9.64 Å². The van der Waals surface area contributed by atoms with Crippen molar-refractivity contribution in [3.8, 4) is 5.75 Å². The number of amides is 3. The van der Waals surface area contributed by atoms with E-state index in [0.717, 1.165) is 5.56 Å². The van der Waals surface area contributed by atoms with Crippen LogP contribution >= 0.6 is 0 Å². The predicted octanol–water partition coefficient (Wildman–Crippen LogP) is 1.58. The van der Waals surface area contributed by atoms with E-state index in [4.69, 9.17) is 4.74 Å². The molecule has 3 amide bonds. The summed E-state index contributed by atoms with van der Waals surface area (Å²) in [4.78, 5) is 42.1. The van der Waals surface area contributed by atoms with Gasteiger partial charge in [0.1, 0.15) is 5.75 Å². The number of carbonyl (C=O) groups excluding carboxylic acids is 3. The van der Waals surface area contributed by atoms with Gasteiger partial charge in [0.2, 0.25) is 11.8 Å². The standard InChI is InChI=1S/C20H27N3O4/c1-14-5-6-17-16(13-14)23(19(26)20(3,4)27-17)8-7-18(25)22-11-9-21(10-12-22)15(2)24/h5-6,13H,7-12H2,1-4H3. The lowest BCUT2D eigenvalue weighted by atomic mass is 10.0. The molecule has 0 N–H and O–H groups in total. The summed E-state index contributed by atoms with van der Waals surface area (Å²) in [6.45, 7) is 9.51. The lowest BCUT2D eigenvalue weighted by molar-refractivity contribution is -0.138. The van der Waals surface area contributed by atoms with Gasteiger partial charge in [-0.2, -0.15) is 0 Å². The maximum absolute atomic E-state index is 12.9. The van der Waals surface area contributed by atoms with Crippen molar-refractivity contribution in [3.05, 3.63) is 23.8 Å². The van der Waals surface area contributed by atoms with Crippen LogP contribution in [0.25, 0.3) is 0 Å². The molecule has 0 aromatic heterocycles. The number of rotatable bonds is 3. The first-order valence-corrected chi connectivity index (χ1v) is 9.34. The molecule has 0 aliphatic carbocycles. The van der Waals surface area contributed by atoms with Crippen molar-refractivity contribution in [3.63, 3.8) is 0 Å². The number of piperazine rings is 1. The Morgan fingerprint density at radius 1 is 1.11 bits per heavy atom. The third-order valence-corrected chi connectivity index (χ3v) is 5.16. The van der Waals surface area contributed by atoms with Gasteiger partial charge in [0.25, 0.3) is 5.91 Å². The summed E-state index contributed by atoms with van der Waals surface area (Å²) in [7, 11) is 0. The average molecular weight is 373 g/mol. The summed E-state index contributed by atoms with van der Waals surface area (Å²) < 4.78 is 5.85. The van der Waals surface area contributed by atoms with Gasteiger partial charge < -0.3 is 19.4 Å². The van der Waals surface area contributed by atoms with Crippen molar-refractivity contribution >= 4 is 23.4 Å². The van der Waals surface area contributed by atoms with Crippen LogP contribution in [0.3, 0.4) is 0 Å². The molecule has 7 heteroatoms. The first-order chi connectivity index (χ1) is 12.7. The smallest absolute Gasteiger partial charge is 0.270 e. The highest BCUT2D eigenvalue weighted by atomic mass is 16.5. The molecule has 2 aliphatic rings. The van der Waals surface area contributed by atoms with Gasteiger partial charge in [0.05, 0.1) is 5.69 Å². The van der Waals surface area contributed by atoms with Crippen molar-refractivity contribution in [2.45, 2.75) is 39.7 Å². The monoisotopic (exact) mass is 373 g/mol. The average Bonchev–Trinajstić information content (AvgIpc) is 2.62. The Morgan fingerprint density at radius 2 is 1.74 bits per heavy atom. The molecule has 146 valence electrons. The van der Waals surface area contributed by atoms with Gasteiger partial charge >= 0.3 is 0 Å². The maximum Gasteiger partial charge on any atom is 0.270 e. The first kappa shape index (κ1) is 19.2. The summed E-state index contributed by atoms with van der Waals surface area (Å²) in [5, 5.41) is 0. The number of ether oxygens (including phenoxy) is 1. The third kappa shape index (κ3) is 3.91. The number of fused-ring (bicyclic) bond motifs is 1. The zero-order valence-corrected chi connectivity index (χ0v) is 16.4. The minimum Gasteiger partial charge on any atom is -0.476 e. The molecule has 1 aromatic carbocycles. The van der Waals surface area contributed by atoms with E-state index in [1.807, 2.05) is 25.1 Å². The molecule has 2 aliphatic heterocycles. The topological polar surface area (TPSA) is 70.2 Å². The molecule has 0 atom stereocenters. The summed E-state index contributed by atoms with van der Waals surface area (Å²) in [6, 6.07) is 5.73. The van der Waals surface area contributed by atoms with Gasteiger partial charge in [-0.25, -0.2) is 0 Å². The van der Waals surface area contributed by atoms with Crippen LogP contribution in [0.4, 0.5) is 5.69 Å². The van der Waals surface area contributed by atoms with Gasteiger partial charge in [-0.05, 0) is 38.5 Å². The highest BCUT2D eigenvalue weighted by molar-refractivity contribution is 6.02. The minimum atomic E-state index is -0.960. The van der Waals surface area contributed by atoms with Gasteiger partial charge in [0, 0.05) is 46.1 Å². The van der Waals surface area contributed by atoms with E-state index in [0.29, 0.717) is 44.2 Å². The van der Waals surface area contributed by atoms with E-state index in [2.05, 4.69) is 0 Å². The van der Waals surface area contributed by atoms with Crippen LogP contribution in [-0.2, 0) is 14.4 Å². The van der Waals surface area contributed by atoms with Crippen molar-refractivity contribution in [2.75, 3.05) is 37.6 Å². The zero-order valence-electron chi connectivity index (χ0n) is 16.4. The quantitative estimate of drug-likeness (QED) is 0.807. The van der Waals surface area contributed by atoms with E-state index < -0.39 is 5.60 Å². The number of hydrogen-bond donors (Lipinski definition) is 0. The molecule has 1 aromatic rings. The second-order valence-corrected chi connectivity index (χ2v) is 7.68. The minimum absolute atomic E-state index is 0.00417. The maximum atomic E-state index is 12.9. The van der Waals surface area contributed by atoms with Crippen LogP contribution in [0.5, 0.6) is 5.75 Å². The Hall–Kier alpha value is -2.57. The van der Waals surface area contributed by atoms with E-state index in [1.54, 1.807) is 35.5 Å². The molecule has 0 spiro atoms. The second kappa shape index (κ2) is 7.21. The van der Waals surface area contributed by atoms with E-state index in [9.17, 15) is 14.4 Å². The van der Waals surface area contributed by atoms with Crippen LogP contribution in [0.15, 0.2) is 18.2 Å².